The summed E-state index contributed by atoms with van der Waals surface area (Å²) < 4.78 is 0. The van der Waals surface area contributed by atoms with Crippen molar-refractivity contribution in [3.63, 3.8) is 0 Å². The molecule has 0 unspecified atom stereocenters. The topological polar surface area (TPSA) is 60.7 Å². The maximum atomic E-state index is 7.17. The van der Waals surface area contributed by atoms with Crippen molar-refractivity contribution in [3.05, 3.63) is 0 Å². The zero-order valence-corrected chi connectivity index (χ0v) is 9.03. The molecule has 0 aromatic heterocycles. The molecule has 0 aliphatic heterocycles. The second-order valence-corrected chi connectivity index (χ2v) is 0.346. The summed E-state index contributed by atoms with van der Waals surface area (Å²) in [6, 6.07) is 0. The second-order valence-electron chi connectivity index (χ2n) is 0.346. The molecular formula is CH4O3Rf. The zero-order valence-electron chi connectivity index (χ0n) is 2.63. The molecule has 0 saturated carbocycles. The Kier molecular flexibility index (Phi) is 5.24. The summed E-state index contributed by atoms with van der Waals surface area (Å²) in [5, 5.41) is 21.5. The minimum atomic E-state index is -2.17. The molecule has 4 heteroatoms. The molecule has 3 nitrogen and oxygen atoms in total. The van der Waals surface area contributed by atoms with E-state index in [2.05, 4.69) is 0 Å². The van der Waals surface area contributed by atoms with Gasteiger partial charge in [0, 0.05) is 0 Å². The van der Waals surface area contributed by atoms with Gasteiger partial charge in [-0.2, -0.15) is 0 Å². The fourth-order valence-electron chi connectivity index (χ4n) is 0. The fraction of sp³-hybridized carbons (Fsp3) is 1.00. The zero-order chi connectivity index (χ0) is 3.58. The smallest absolute Gasteiger partial charge is 0.263 e. The molecule has 0 fully saturated rings. The van der Waals surface area contributed by atoms with Gasteiger partial charge in [0.15, 0.2) is 0 Å². The summed E-state index contributed by atoms with van der Waals surface area (Å²) in [5.41, 5.74) is 0. The van der Waals surface area contributed by atoms with Crippen molar-refractivity contribution in [2.45, 2.75) is 6.48 Å². The molecule has 0 aromatic carbocycles. The summed E-state index contributed by atoms with van der Waals surface area (Å²) in [5.74, 6) is 0. The standard InChI is InChI=1S/CH4O3.Rf/c2-1(3)4;/h1-4H;. The molecule has 0 spiro atoms. The van der Waals surface area contributed by atoms with Gasteiger partial charge in [-0.1, -0.05) is 0 Å². The predicted octanol–water partition coefficient (Wildman–Crippen LogP) is -1.75. The molecule has 28 valence electrons. The third-order valence-corrected chi connectivity index (χ3v) is 0. The maximum absolute atomic E-state index is 7.17. The third kappa shape index (κ3) is 1.78. The Labute approximate surface area is 23.1 Å². The van der Waals surface area contributed by atoms with Crippen LogP contribution in [0, 0.1) is 0 Å². The molecular weight excluding hydrogens is 327 g/mol. The Bertz CT molecular complexity index is 11.6. The normalized spacial score (nSPS) is 7.20. The van der Waals surface area contributed by atoms with E-state index < -0.39 is 6.48 Å². The molecule has 0 bridgehead atoms. The van der Waals surface area contributed by atoms with E-state index >= 15 is 0 Å². The van der Waals surface area contributed by atoms with E-state index in [1.54, 1.807) is 0 Å². The van der Waals surface area contributed by atoms with Crippen LogP contribution in [-0.4, -0.2) is 21.8 Å². The molecule has 0 rings (SSSR count). The van der Waals surface area contributed by atoms with Gasteiger partial charge in [-0.05, 0) is 0 Å². The summed E-state index contributed by atoms with van der Waals surface area (Å²) in [7, 11) is 0. The molecule has 0 heterocycles. The molecule has 0 aliphatic rings. The van der Waals surface area contributed by atoms with Crippen LogP contribution < -0.4 is 0 Å². The number of hydrogen-bond acceptors (Lipinski definition) is 3. The van der Waals surface area contributed by atoms with Gasteiger partial charge in [-0.15, -0.1) is 0 Å². The monoisotopic (exact) mass is 331 g/mol. The molecule has 0 saturated heterocycles. The average molecular weight is 331 g/mol. The van der Waals surface area contributed by atoms with Crippen LogP contribution >= 0.6 is 0 Å². The minimum Gasteiger partial charge on any atom is -0.346 e. The Morgan fingerprint density at radius 2 is 1.00 bits per heavy atom. The Morgan fingerprint density at radius 1 is 1.00 bits per heavy atom. The van der Waals surface area contributed by atoms with Crippen LogP contribution in [0.4, 0.5) is 0 Å². The number of aliphatic hydroxyl groups excluding tert-OH is 1. The van der Waals surface area contributed by atoms with Crippen molar-refractivity contribution in [2.24, 2.45) is 0 Å². The van der Waals surface area contributed by atoms with E-state index in [-0.39, 0.29) is 0 Å². The van der Waals surface area contributed by atoms with Gasteiger partial charge in [0.2, 0.25) is 0 Å². The first-order valence-electron chi connectivity index (χ1n) is 0.775. The molecule has 0 aromatic rings. The van der Waals surface area contributed by atoms with Crippen LogP contribution in [-0.2, 0) is 0 Å². The number of hydrogen-bond donors (Lipinski definition) is 3. The van der Waals surface area contributed by atoms with Gasteiger partial charge in [-0.25, -0.2) is 0 Å². The van der Waals surface area contributed by atoms with Gasteiger partial charge in [-0.3, -0.25) is 0 Å². The van der Waals surface area contributed by atoms with E-state index in [0.717, 1.165) is 0 Å². The molecule has 0 radical (unpaired) electrons. The van der Waals surface area contributed by atoms with Crippen molar-refractivity contribution < 1.29 is 15.3 Å². The fourth-order valence-corrected chi connectivity index (χ4v) is 0. The summed E-state index contributed by atoms with van der Waals surface area (Å²) in [6.07, 6.45) is 0. The summed E-state index contributed by atoms with van der Waals surface area (Å²) in [6.45, 7) is -2.17. The SMILES string of the molecule is OC(O)O.[Rf]. The van der Waals surface area contributed by atoms with Crippen molar-refractivity contribution in [1.82, 2.24) is 0 Å². The van der Waals surface area contributed by atoms with Crippen molar-refractivity contribution in [3.8, 4) is 0 Å². The first kappa shape index (κ1) is 9.11. The Morgan fingerprint density at radius 3 is 1.00 bits per heavy atom. The van der Waals surface area contributed by atoms with E-state index in [1.807, 2.05) is 0 Å². The largest absolute Gasteiger partial charge is 0.346 e. The van der Waals surface area contributed by atoms with Crippen LogP contribution in [0.3, 0.4) is 0 Å². The second kappa shape index (κ2) is 2.88. The van der Waals surface area contributed by atoms with Crippen molar-refractivity contribution in [1.29, 1.82) is 0 Å². The predicted molar refractivity (Wildman–Crippen MR) is 10.4 cm³/mol. The van der Waals surface area contributed by atoms with Crippen LogP contribution in [0.15, 0.2) is 0 Å². The number of rotatable bonds is 0. The Balaban J connectivity index is 0. The molecule has 3 N–H and O–H groups in total. The van der Waals surface area contributed by atoms with Crippen molar-refractivity contribution >= 4 is 0 Å². The van der Waals surface area contributed by atoms with Gasteiger partial charge in [0.05, 0.1) is 0 Å². The summed E-state index contributed by atoms with van der Waals surface area (Å²) >= 11 is 0. The van der Waals surface area contributed by atoms with E-state index in [0.29, 0.717) is 0 Å². The Hall–Kier alpha value is -1.12. The van der Waals surface area contributed by atoms with Crippen LogP contribution in [0.5, 0.6) is 0 Å². The van der Waals surface area contributed by atoms with Gasteiger partial charge < -0.3 is 15.3 Å². The van der Waals surface area contributed by atoms with Crippen LogP contribution in [0.25, 0.3) is 0 Å². The molecule has 5 heavy (non-hydrogen) atoms. The first-order valence-corrected chi connectivity index (χ1v) is 0.775. The van der Waals surface area contributed by atoms with Gasteiger partial charge in [0.1, 0.15) is 0 Å². The first-order chi connectivity index (χ1) is 1.73. The van der Waals surface area contributed by atoms with E-state index in [4.69, 9.17) is 15.3 Å². The summed E-state index contributed by atoms with van der Waals surface area (Å²) in [4.78, 5) is 0. The van der Waals surface area contributed by atoms with Crippen LogP contribution in [0.2, 0.25) is 0 Å². The molecule has 0 amide bonds. The maximum Gasteiger partial charge on any atom is 0.263 e. The third-order valence-electron chi connectivity index (χ3n) is 0. The van der Waals surface area contributed by atoms with E-state index in [9.17, 15) is 0 Å². The molecule has 0 aliphatic carbocycles. The molecule has 0 atom stereocenters. The van der Waals surface area contributed by atoms with Crippen LogP contribution in [0.1, 0.15) is 0 Å². The van der Waals surface area contributed by atoms with Gasteiger partial charge in [0.25, 0.3) is 6.48 Å². The number of aliphatic hydroxyl groups is 3. The van der Waals surface area contributed by atoms with E-state index in [1.165, 1.54) is 0 Å². The minimum absolute atomic E-state index is 0. The quantitative estimate of drug-likeness (QED) is 0.462. The van der Waals surface area contributed by atoms with Crippen molar-refractivity contribution in [2.75, 3.05) is 0 Å². The average Bonchev–Trinajstić information content (AvgIpc) is 0.811. The van der Waals surface area contributed by atoms with Gasteiger partial charge >= 0.3 is 0 Å².